The molecule has 1 aromatic rings. The number of amides is 1. The van der Waals surface area contributed by atoms with Crippen LogP contribution in [-0.2, 0) is 4.79 Å². The molecule has 2 rings (SSSR count). The minimum absolute atomic E-state index is 0.155. The largest absolute Gasteiger partial charge is 0.326 e. The Morgan fingerprint density at radius 3 is 2.95 bits per heavy atom. The molecule has 1 heterocycles. The van der Waals surface area contributed by atoms with Gasteiger partial charge in [0.15, 0.2) is 0 Å². The Morgan fingerprint density at radius 2 is 2.37 bits per heavy atom. The Kier molecular flexibility index (Phi) is 4.06. The quantitative estimate of drug-likeness (QED) is 0.643. The average Bonchev–Trinajstić information content (AvgIpc) is 2.81. The summed E-state index contributed by atoms with van der Waals surface area (Å²) in [6.45, 7) is 0.907. The number of rotatable bonds is 4. The van der Waals surface area contributed by atoms with Crippen molar-refractivity contribution < 1.29 is 14.1 Å². The van der Waals surface area contributed by atoms with Gasteiger partial charge in [0, 0.05) is 30.3 Å². The van der Waals surface area contributed by atoms with E-state index in [-0.39, 0.29) is 17.6 Å². The van der Waals surface area contributed by atoms with E-state index in [4.69, 9.17) is 0 Å². The van der Waals surface area contributed by atoms with E-state index in [2.05, 4.69) is 10.6 Å². The summed E-state index contributed by atoms with van der Waals surface area (Å²) in [7, 11) is 0. The zero-order valence-electron chi connectivity index (χ0n) is 10.2. The number of nitro groups is 1. The maximum atomic E-state index is 13.4. The van der Waals surface area contributed by atoms with Crippen molar-refractivity contribution in [3.63, 3.8) is 0 Å². The number of anilines is 1. The highest BCUT2D eigenvalue weighted by atomic mass is 19.1. The van der Waals surface area contributed by atoms with E-state index in [1.165, 1.54) is 6.07 Å². The average molecular weight is 267 g/mol. The summed E-state index contributed by atoms with van der Waals surface area (Å²) in [5.74, 6) is -1.19. The first-order valence-corrected chi connectivity index (χ1v) is 6.03. The molecule has 1 saturated heterocycles. The van der Waals surface area contributed by atoms with E-state index in [9.17, 15) is 19.3 Å². The molecule has 7 heteroatoms. The molecule has 1 fully saturated rings. The predicted molar refractivity (Wildman–Crippen MR) is 67.3 cm³/mol. The summed E-state index contributed by atoms with van der Waals surface area (Å²) in [5, 5.41) is 16.2. The molecule has 0 saturated carbocycles. The molecule has 2 N–H and O–H groups in total. The first kappa shape index (κ1) is 13.4. The minimum Gasteiger partial charge on any atom is -0.326 e. The molecule has 19 heavy (non-hydrogen) atoms. The number of halogens is 1. The number of carbonyl (C=O) groups is 1. The van der Waals surface area contributed by atoms with E-state index < -0.39 is 16.4 Å². The van der Waals surface area contributed by atoms with Gasteiger partial charge in [-0.05, 0) is 25.5 Å². The Bertz CT molecular complexity index is 501. The Labute approximate surface area is 109 Å². The smallest absolute Gasteiger partial charge is 0.304 e. The fraction of sp³-hybridized carbons (Fsp3) is 0.417. The minimum atomic E-state index is -0.957. The molecule has 0 spiro atoms. The van der Waals surface area contributed by atoms with E-state index in [0.717, 1.165) is 31.5 Å². The summed E-state index contributed by atoms with van der Waals surface area (Å²) in [6, 6.07) is 3.47. The summed E-state index contributed by atoms with van der Waals surface area (Å²) in [4.78, 5) is 21.3. The third kappa shape index (κ3) is 3.47. The van der Waals surface area contributed by atoms with Crippen LogP contribution in [0, 0.1) is 15.9 Å². The highest BCUT2D eigenvalue weighted by Crippen LogP contribution is 2.21. The summed E-state index contributed by atoms with van der Waals surface area (Å²) < 4.78 is 13.4. The maximum Gasteiger partial charge on any atom is 0.304 e. The molecular formula is C12H14FN3O3. The molecule has 1 aliphatic rings. The van der Waals surface area contributed by atoms with Crippen molar-refractivity contribution in [1.82, 2.24) is 5.32 Å². The van der Waals surface area contributed by atoms with Crippen LogP contribution < -0.4 is 10.6 Å². The first-order valence-electron chi connectivity index (χ1n) is 6.03. The van der Waals surface area contributed by atoms with Crippen molar-refractivity contribution in [2.45, 2.75) is 25.3 Å². The Hall–Kier alpha value is -2.02. The second kappa shape index (κ2) is 5.75. The van der Waals surface area contributed by atoms with Gasteiger partial charge < -0.3 is 10.6 Å². The summed E-state index contributed by atoms with van der Waals surface area (Å²) in [5.41, 5.74) is -0.374. The van der Waals surface area contributed by atoms with Crippen molar-refractivity contribution >= 4 is 17.3 Å². The normalized spacial score (nSPS) is 18.3. The van der Waals surface area contributed by atoms with E-state index in [1.54, 1.807) is 0 Å². The van der Waals surface area contributed by atoms with Crippen LogP contribution in [-0.4, -0.2) is 23.4 Å². The number of hydrogen-bond acceptors (Lipinski definition) is 4. The van der Waals surface area contributed by atoms with Crippen molar-refractivity contribution in [1.29, 1.82) is 0 Å². The lowest BCUT2D eigenvalue weighted by Gasteiger charge is -2.10. The molecule has 1 amide bonds. The fourth-order valence-electron chi connectivity index (χ4n) is 2.10. The van der Waals surface area contributed by atoms with Crippen LogP contribution in [0.3, 0.4) is 0 Å². The number of hydrogen-bond donors (Lipinski definition) is 2. The number of nitro benzene ring substituents is 1. The van der Waals surface area contributed by atoms with Crippen LogP contribution >= 0.6 is 0 Å². The highest BCUT2D eigenvalue weighted by Gasteiger charge is 2.19. The predicted octanol–water partition coefficient (Wildman–Crippen LogP) is 1.81. The van der Waals surface area contributed by atoms with Crippen LogP contribution in [0.4, 0.5) is 15.8 Å². The van der Waals surface area contributed by atoms with Gasteiger partial charge in [0.05, 0.1) is 4.92 Å². The second-order valence-electron chi connectivity index (χ2n) is 4.47. The number of nitrogens with zero attached hydrogens (tertiary/aromatic N) is 1. The Balaban J connectivity index is 1.96. The molecule has 0 aromatic heterocycles. The van der Waals surface area contributed by atoms with Crippen molar-refractivity contribution in [3.8, 4) is 0 Å². The zero-order valence-corrected chi connectivity index (χ0v) is 10.2. The zero-order chi connectivity index (χ0) is 13.8. The first-order chi connectivity index (χ1) is 9.06. The molecule has 0 bridgehead atoms. The molecule has 102 valence electrons. The number of carbonyl (C=O) groups excluding carboxylic acids is 1. The standard InChI is InChI=1S/C12H14FN3O3/c13-10-6-9(3-4-11(10)16(18)19)15-12(17)7-8-2-1-5-14-8/h3-4,6,8,14H,1-2,5,7H2,(H,15,17). The molecule has 1 atom stereocenters. The van der Waals surface area contributed by atoms with Gasteiger partial charge in [-0.25, -0.2) is 0 Å². The SMILES string of the molecule is O=C(CC1CCCN1)Nc1ccc([N+](=O)[O-])c(F)c1. The van der Waals surface area contributed by atoms with Crippen LogP contribution in [0.25, 0.3) is 0 Å². The topological polar surface area (TPSA) is 84.3 Å². The van der Waals surface area contributed by atoms with Crippen LogP contribution in [0.5, 0.6) is 0 Å². The van der Waals surface area contributed by atoms with Crippen molar-refractivity contribution in [2.75, 3.05) is 11.9 Å². The van der Waals surface area contributed by atoms with Gasteiger partial charge in [-0.1, -0.05) is 0 Å². The van der Waals surface area contributed by atoms with Crippen molar-refractivity contribution in [3.05, 3.63) is 34.1 Å². The molecular weight excluding hydrogens is 253 g/mol. The number of benzene rings is 1. The van der Waals surface area contributed by atoms with Crippen LogP contribution in [0.2, 0.25) is 0 Å². The maximum absolute atomic E-state index is 13.4. The van der Waals surface area contributed by atoms with Gasteiger partial charge in [0.25, 0.3) is 0 Å². The van der Waals surface area contributed by atoms with Gasteiger partial charge in [-0.3, -0.25) is 14.9 Å². The van der Waals surface area contributed by atoms with E-state index in [1.807, 2.05) is 0 Å². The van der Waals surface area contributed by atoms with Crippen LogP contribution in [0.1, 0.15) is 19.3 Å². The van der Waals surface area contributed by atoms with Crippen molar-refractivity contribution in [2.24, 2.45) is 0 Å². The molecule has 1 aliphatic heterocycles. The Morgan fingerprint density at radius 1 is 1.58 bits per heavy atom. The molecule has 1 aromatic carbocycles. The van der Waals surface area contributed by atoms with E-state index in [0.29, 0.717) is 6.42 Å². The van der Waals surface area contributed by atoms with Gasteiger partial charge in [0.1, 0.15) is 0 Å². The molecule has 0 radical (unpaired) electrons. The summed E-state index contributed by atoms with van der Waals surface area (Å²) >= 11 is 0. The lowest BCUT2D eigenvalue weighted by Crippen LogP contribution is -2.27. The number of nitrogens with one attached hydrogen (secondary N) is 2. The fourth-order valence-corrected chi connectivity index (χ4v) is 2.10. The lowest BCUT2D eigenvalue weighted by molar-refractivity contribution is -0.387. The van der Waals surface area contributed by atoms with Gasteiger partial charge in [0.2, 0.25) is 11.7 Å². The van der Waals surface area contributed by atoms with E-state index >= 15 is 0 Å². The highest BCUT2D eigenvalue weighted by molar-refractivity contribution is 5.91. The summed E-state index contributed by atoms with van der Waals surface area (Å²) in [6.07, 6.45) is 2.31. The van der Waals surface area contributed by atoms with Gasteiger partial charge in [-0.2, -0.15) is 4.39 Å². The third-order valence-corrected chi connectivity index (χ3v) is 3.02. The monoisotopic (exact) mass is 267 g/mol. The molecule has 1 unspecified atom stereocenters. The van der Waals surface area contributed by atoms with Gasteiger partial charge >= 0.3 is 5.69 Å². The van der Waals surface area contributed by atoms with Gasteiger partial charge in [-0.15, -0.1) is 0 Å². The molecule has 0 aliphatic carbocycles. The lowest BCUT2D eigenvalue weighted by atomic mass is 10.1. The van der Waals surface area contributed by atoms with Crippen LogP contribution in [0.15, 0.2) is 18.2 Å². The third-order valence-electron chi connectivity index (χ3n) is 3.02. The molecule has 6 nitrogen and oxygen atoms in total. The second-order valence-corrected chi connectivity index (χ2v) is 4.47.